The second-order valence-corrected chi connectivity index (χ2v) is 8.74. The monoisotopic (exact) mass is 499 g/mol. The van der Waals surface area contributed by atoms with Gasteiger partial charge in [-0.25, -0.2) is 0 Å². The van der Waals surface area contributed by atoms with Crippen LogP contribution in [0, 0.1) is 5.41 Å². The lowest BCUT2D eigenvalue weighted by Crippen LogP contribution is -2.47. The van der Waals surface area contributed by atoms with E-state index in [4.69, 9.17) is 14.5 Å². The number of hydrogen-bond acceptors (Lipinski definition) is 3. The topological polar surface area (TPSA) is 54.9 Å². The SMILES string of the molecule is CCNC(=NCC1(C)CCOC1)NC1CC2(CCCC2)Oc2ccccc21.I. The van der Waals surface area contributed by atoms with Crippen molar-refractivity contribution in [3.05, 3.63) is 29.8 Å². The van der Waals surface area contributed by atoms with E-state index >= 15 is 0 Å². The molecule has 2 atom stereocenters. The normalized spacial score (nSPS) is 28.4. The van der Waals surface area contributed by atoms with Gasteiger partial charge in [0.2, 0.25) is 0 Å². The van der Waals surface area contributed by atoms with Crippen molar-refractivity contribution in [1.29, 1.82) is 0 Å². The Balaban J connectivity index is 0.00000225. The summed E-state index contributed by atoms with van der Waals surface area (Å²) in [5.41, 5.74) is 1.40. The van der Waals surface area contributed by atoms with Gasteiger partial charge in [0.25, 0.3) is 0 Å². The minimum absolute atomic E-state index is 0. The number of benzene rings is 1. The molecule has 2 fully saturated rings. The highest BCUT2D eigenvalue weighted by atomic mass is 127. The summed E-state index contributed by atoms with van der Waals surface area (Å²) in [4.78, 5) is 4.92. The minimum Gasteiger partial charge on any atom is -0.487 e. The van der Waals surface area contributed by atoms with Crippen LogP contribution in [0.4, 0.5) is 0 Å². The summed E-state index contributed by atoms with van der Waals surface area (Å²) in [6.07, 6.45) is 6.93. The maximum absolute atomic E-state index is 6.49. The van der Waals surface area contributed by atoms with Gasteiger partial charge in [0.15, 0.2) is 5.96 Å². The molecule has 6 heteroatoms. The molecule has 0 aromatic heterocycles. The summed E-state index contributed by atoms with van der Waals surface area (Å²) >= 11 is 0. The quantitative estimate of drug-likeness (QED) is 0.366. The Bertz CT molecular complexity index is 682. The maximum Gasteiger partial charge on any atom is 0.191 e. The van der Waals surface area contributed by atoms with Gasteiger partial charge in [-0.05, 0) is 45.1 Å². The van der Waals surface area contributed by atoms with E-state index in [1.807, 2.05) is 0 Å². The van der Waals surface area contributed by atoms with E-state index in [1.165, 1.54) is 18.4 Å². The number of nitrogens with one attached hydrogen (secondary N) is 2. The Hall–Kier alpha value is -1.02. The Morgan fingerprint density at radius 2 is 2.00 bits per heavy atom. The number of hydrogen-bond donors (Lipinski definition) is 2. The zero-order valence-corrected chi connectivity index (χ0v) is 19.5. The number of halogens is 1. The average molecular weight is 499 g/mol. The minimum atomic E-state index is -0.00534. The molecule has 1 aliphatic carbocycles. The molecule has 3 aliphatic rings. The van der Waals surface area contributed by atoms with Gasteiger partial charge in [0.1, 0.15) is 11.4 Å². The molecule has 2 aliphatic heterocycles. The molecule has 1 saturated carbocycles. The van der Waals surface area contributed by atoms with Crippen LogP contribution in [0.5, 0.6) is 5.75 Å². The van der Waals surface area contributed by atoms with Crippen molar-refractivity contribution < 1.29 is 9.47 Å². The molecule has 0 radical (unpaired) electrons. The number of rotatable bonds is 4. The van der Waals surface area contributed by atoms with Crippen LogP contribution in [0.15, 0.2) is 29.3 Å². The molecule has 156 valence electrons. The zero-order chi connectivity index (χ0) is 18.7. The first kappa shape index (κ1) is 21.7. The van der Waals surface area contributed by atoms with Crippen molar-refractivity contribution in [2.75, 3.05) is 26.3 Å². The van der Waals surface area contributed by atoms with Crippen molar-refractivity contribution in [3.63, 3.8) is 0 Å². The van der Waals surface area contributed by atoms with Gasteiger partial charge in [-0.2, -0.15) is 0 Å². The molecule has 1 saturated heterocycles. The molecule has 1 aromatic carbocycles. The fourth-order valence-corrected chi connectivity index (χ4v) is 4.66. The van der Waals surface area contributed by atoms with Crippen molar-refractivity contribution in [2.45, 2.75) is 64.0 Å². The van der Waals surface area contributed by atoms with Gasteiger partial charge >= 0.3 is 0 Å². The highest BCUT2D eigenvalue weighted by Crippen LogP contribution is 2.47. The fraction of sp³-hybridized carbons (Fsp3) is 0.682. The molecule has 4 rings (SSSR count). The van der Waals surface area contributed by atoms with Crippen molar-refractivity contribution in [2.24, 2.45) is 10.4 Å². The summed E-state index contributed by atoms with van der Waals surface area (Å²) in [5, 5.41) is 7.16. The van der Waals surface area contributed by atoms with E-state index < -0.39 is 0 Å². The van der Waals surface area contributed by atoms with E-state index in [9.17, 15) is 0 Å². The van der Waals surface area contributed by atoms with Gasteiger partial charge in [-0.15, -0.1) is 24.0 Å². The van der Waals surface area contributed by atoms with Gasteiger partial charge in [-0.1, -0.05) is 25.1 Å². The number of guanidine groups is 1. The predicted molar refractivity (Wildman–Crippen MR) is 124 cm³/mol. The molecule has 0 bridgehead atoms. The second kappa shape index (κ2) is 9.20. The maximum atomic E-state index is 6.49. The van der Waals surface area contributed by atoms with Gasteiger partial charge in [0, 0.05) is 30.6 Å². The Morgan fingerprint density at radius 3 is 2.71 bits per heavy atom. The highest BCUT2D eigenvalue weighted by molar-refractivity contribution is 14.0. The largest absolute Gasteiger partial charge is 0.487 e. The van der Waals surface area contributed by atoms with Crippen LogP contribution >= 0.6 is 24.0 Å². The summed E-state index contributed by atoms with van der Waals surface area (Å²) in [6, 6.07) is 8.71. The number of fused-ring (bicyclic) bond motifs is 1. The van der Waals surface area contributed by atoms with E-state index in [0.717, 1.165) is 63.7 Å². The number of ether oxygens (including phenoxy) is 2. The van der Waals surface area contributed by atoms with Crippen LogP contribution in [-0.4, -0.2) is 37.9 Å². The molecular formula is C22H34IN3O2. The molecule has 2 heterocycles. The van der Waals surface area contributed by atoms with Crippen molar-refractivity contribution >= 4 is 29.9 Å². The Labute approximate surface area is 186 Å². The lowest BCUT2D eigenvalue weighted by atomic mass is 9.86. The van der Waals surface area contributed by atoms with Gasteiger partial charge < -0.3 is 20.1 Å². The molecule has 2 N–H and O–H groups in total. The summed E-state index contributed by atoms with van der Waals surface area (Å²) in [7, 11) is 0. The van der Waals surface area contributed by atoms with E-state index in [0.29, 0.717) is 0 Å². The molecule has 1 aromatic rings. The van der Waals surface area contributed by atoms with Crippen molar-refractivity contribution in [1.82, 2.24) is 10.6 Å². The Morgan fingerprint density at radius 1 is 1.21 bits per heavy atom. The number of aliphatic imine (C=N–C) groups is 1. The molecule has 0 amide bonds. The first-order chi connectivity index (χ1) is 13.1. The zero-order valence-electron chi connectivity index (χ0n) is 17.1. The smallest absolute Gasteiger partial charge is 0.191 e. The number of para-hydroxylation sites is 1. The lowest BCUT2D eigenvalue weighted by molar-refractivity contribution is 0.0396. The molecule has 1 spiro atoms. The number of nitrogens with zero attached hydrogens (tertiary/aromatic N) is 1. The van der Waals surface area contributed by atoms with Gasteiger partial charge in [0.05, 0.1) is 19.2 Å². The third kappa shape index (κ3) is 4.75. The van der Waals surface area contributed by atoms with E-state index in [-0.39, 0.29) is 41.0 Å². The molecule has 2 unspecified atom stereocenters. The van der Waals surface area contributed by atoms with E-state index in [2.05, 4.69) is 48.7 Å². The third-order valence-electron chi connectivity index (χ3n) is 6.29. The fourth-order valence-electron chi connectivity index (χ4n) is 4.66. The summed E-state index contributed by atoms with van der Waals surface area (Å²) in [5.74, 6) is 1.94. The average Bonchev–Trinajstić information content (AvgIpc) is 3.30. The first-order valence-corrected chi connectivity index (χ1v) is 10.5. The summed E-state index contributed by atoms with van der Waals surface area (Å²) in [6.45, 7) is 7.69. The molecule has 5 nitrogen and oxygen atoms in total. The van der Waals surface area contributed by atoms with Crippen LogP contribution in [0.3, 0.4) is 0 Å². The summed E-state index contributed by atoms with van der Waals surface area (Å²) < 4.78 is 12.1. The van der Waals surface area contributed by atoms with E-state index in [1.54, 1.807) is 0 Å². The van der Waals surface area contributed by atoms with Crippen LogP contribution in [0.25, 0.3) is 0 Å². The van der Waals surface area contributed by atoms with Crippen LogP contribution in [0.1, 0.15) is 64.0 Å². The second-order valence-electron chi connectivity index (χ2n) is 8.74. The van der Waals surface area contributed by atoms with Crippen molar-refractivity contribution in [3.8, 4) is 5.75 Å². The highest BCUT2D eigenvalue weighted by Gasteiger charge is 2.43. The van der Waals surface area contributed by atoms with Crippen LogP contribution in [0.2, 0.25) is 0 Å². The lowest BCUT2D eigenvalue weighted by Gasteiger charge is -2.40. The third-order valence-corrected chi connectivity index (χ3v) is 6.29. The first-order valence-electron chi connectivity index (χ1n) is 10.5. The Kier molecular flexibility index (Phi) is 7.12. The standard InChI is InChI=1S/C22H33N3O2.HI/c1-3-23-20(24-15-21(2)12-13-26-16-21)25-18-14-22(10-6-7-11-22)27-19-9-5-4-8-17(18)19;/h4-5,8-9,18H,3,6-7,10-16H2,1-2H3,(H2,23,24,25);1H. The molecule has 28 heavy (non-hydrogen) atoms. The van der Waals surface area contributed by atoms with Gasteiger partial charge in [-0.3, -0.25) is 4.99 Å². The predicted octanol–water partition coefficient (Wildman–Crippen LogP) is 4.42. The van der Waals surface area contributed by atoms with Crippen LogP contribution in [-0.2, 0) is 4.74 Å². The molecular weight excluding hydrogens is 465 g/mol. The van der Waals surface area contributed by atoms with Crippen LogP contribution < -0.4 is 15.4 Å².